The molecule has 0 heterocycles. The molecule has 98 valence electrons. The number of benzene rings is 1. The van der Waals surface area contributed by atoms with Crippen molar-refractivity contribution >= 4 is 11.9 Å². The first kappa shape index (κ1) is 14.2. The maximum Gasteiger partial charge on any atom is 0.341 e. The number of hydrogen-bond acceptors (Lipinski definition) is 4. The van der Waals surface area contributed by atoms with Gasteiger partial charge in [-0.2, -0.15) is 0 Å². The highest BCUT2D eigenvalue weighted by Gasteiger charge is 2.14. The fourth-order valence-corrected chi connectivity index (χ4v) is 1.33. The van der Waals surface area contributed by atoms with Gasteiger partial charge in [0.2, 0.25) is 0 Å². The molecule has 0 bridgehead atoms. The van der Waals surface area contributed by atoms with Crippen LogP contribution in [0.2, 0.25) is 0 Å². The number of rotatable bonds is 5. The summed E-state index contributed by atoms with van der Waals surface area (Å²) in [5, 5.41) is 0. The molecule has 0 aliphatic rings. The highest BCUT2D eigenvalue weighted by atomic mass is 19.1. The van der Waals surface area contributed by atoms with Crippen molar-refractivity contribution in [3.05, 3.63) is 35.1 Å². The van der Waals surface area contributed by atoms with E-state index in [1.54, 1.807) is 19.9 Å². The van der Waals surface area contributed by atoms with Crippen LogP contribution in [0.4, 0.5) is 4.39 Å². The first-order chi connectivity index (χ1) is 8.54. The molecular weight excluding hydrogens is 239 g/mol. The van der Waals surface area contributed by atoms with Crippen LogP contribution >= 0.6 is 0 Å². The quantitative estimate of drug-likeness (QED) is 0.756. The first-order valence-electron chi connectivity index (χ1n) is 5.63. The highest BCUT2D eigenvalue weighted by Crippen LogP contribution is 2.11. The minimum atomic E-state index is -0.777. The van der Waals surface area contributed by atoms with Crippen molar-refractivity contribution in [1.82, 2.24) is 0 Å². The molecule has 0 unspecified atom stereocenters. The lowest BCUT2D eigenvalue weighted by Gasteiger charge is -2.06. The molecule has 1 aromatic rings. The number of esters is 2. The van der Waals surface area contributed by atoms with Gasteiger partial charge >= 0.3 is 11.9 Å². The van der Waals surface area contributed by atoms with Crippen LogP contribution in [0, 0.1) is 12.7 Å². The predicted octanol–water partition coefficient (Wildman–Crippen LogP) is 2.24. The summed E-state index contributed by atoms with van der Waals surface area (Å²) in [5.74, 6) is -1.86. The standard InChI is InChI=1S/C13H15FO4/c1-3-17-12(15)6-7-18-13(16)10-8-9(2)4-5-11(10)14/h4-5,8H,3,6-7H2,1-2H3. The van der Waals surface area contributed by atoms with Crippen molar-refractivity contribution in [1.29, 1.82) is 0 Å². The molecule has 0 radical (unpaired) electrons. The fraction of sp³-hybridized carbons (Fsp3) is 0.385. The van der Waals surface area contributed by atoms with Crippen LogP contribution < -0.4 is 0 Å². The summed E-state index contributed by atoms with van der Waals surface area (Å²) >= 11 is 0. The second kappa shape index (κ2) is 6.74. The van der Waals surface area contributed by atoms with Crippen LogP contribution in [0.15, 0.2) is 18.2 Å². The minimum absolute atomic E-state index is 0.0347. The van der Waals surface area contributed by atoms with E-state index in [9.17, 15) is 14.0 Å². The van der Waals surface area contributed by atoms with Gasteiger partial charge in [0.25, 0.3) is 0 Å². The lowest BCUT2D eigenvalue weighted by Crippen LogP contribution is -2.13. The monoisotopic (exact) mass is 254 g/mol. The molecule has 0 saturated carbocycles. The molecule has 4 nitrogen and oxygen atoms in total. The van der Waals surface area contributed by atoms with E-state index in [1.165, 1.54) is 12.1 Å². The molecular formula is C13H15FO4. The maximum atomic E-state index is 13.3. The summed E-state index contributed by atoms with van der Waals surface area (Å²) < 4.78 is 22.8. The summed E-state index contributed by atoms with van der Waals surface area (Å²) in [4.78, 5) is 22.5. The third-order valence-electron chi connectivity index (χ3n) is 2.19. The largest absolute Gasteiger partial charge is 0.466 e. The predicted molar refractivity (Wildman–Crippen MR) is 62.7 cm³/mol. The number of aryl methyl sites for hydroxylation is 1. The van der Waals surface area contributed by atoms with Gasteiger partial charge in [-0.05, 0) is 26.0 Å². The van der Waals surface area contributed by atoms with Gasteiger partial charge in [-0.3, -0.25) is 4.79 Å². The van der Waals surface area contributed by atoms with Crippen molar-refractivity contribution in [3.63, 3.8) is 0 Å². The van der Waals surface area contributed by atoms with Gasteiger partial charge in [-0.1, -0.05) is 11.6 Å². The molecule has 1 rings (SSSR count). The highest BCUT2D eigenvalue weighted by molar-refractivity contribution is 5.90. The molecule has 0 atom stereocenters. The molecule has 1 aromatic carbocycles. The molecule has 0 aromatic heterocycles. The zero-order valence-electron chi connectivity index (χ0n) is 10.4. The average molecular weight is 254 g/mol. The van der Waals surface area contributed by atoms with Crippen LogP contribution in [0.5, 0.6) is 0 Å². The first-order valence-corrected chi connectivity index (χ1v) is 5.63. The van der Waals surface area contributed by atoms with Crippen molar-refractivity contribution in [3.8, 4) is 0 Å². The Morgan fingerprint density at radius 1 is 1.28 bits per heavy atom. The number of ether oxygens (including phenoxy) is 2. The Morgan fingerprint density at radius 2 is 2.00 bits per heavy atom. The normalized spacial score (nSPS) is 9.94. The van der Waals surface area contributed by atoms with E-state index in [4.69, 9.17) is 4.74 Å². The van der Waals surface area contributed by atoms with Gasteiger partial charge in [-0.25, -0.2) is 9.18 Å². The van der Waals surface area contributed by atoms with Crippen LogP contribution in [0.1, 0.15) is 29.3 Å². The van der Waals surface area contributed by atoms with E-state index in [-0.39, 0.29) is 25.2 Å². The summed E-state index contributed by atoms with van der Waals surface area (Å²) in [7, 11) is 0. The molecule has 0 N–H and O–H groups in total. The molecule has 18 heavy (non-hydrogen) atoms. The van der Waals surface area contributed by atoms with Crippen molar-refractivity contribution < 1.29 is 23.5 Å². The van der Waals surface area contributed by atoms with Crippen LogP contribution in [0.3, 0.4) is 0 Å². The van der Waals surface area contributed by atoms with E-state index >= 15 is 0 Å². The Hall–Kier alpha value is -1.91. The lowest BCUT2D eigenvalue weighted by molar-refractivity contribution is -0.143. The Labute approximate surface area is 105 Å². The van der Waals surface area contributed by atoms with Gasteiger partial charge in [0.15, 0.2) is 0 Å². The van der Waals surface area contributed by atoms with Crippen LogP contribution in [-0.2, 0) is 14.3 Å². The number of carbonyl (C=O) groups excluding carboxylic acids is 2. The van der Waals surface area contributed by atoms with Crippen LogP contribution in [-0.4, -0.2) is 25.2 Å². The van der Waals surface area contributed by atoms with Gasteiger partial charge < -0.3 is 9.47 Å². The lowest BCUT2D eigenvalue weighted by atomic mass is 10.1. The zero-order valence-corrected chi connectivity index (χ0v) is 10.4. The number of carbonyl (C=O) groups is 2. The summed E-state index contributed by atoms with van der Waals surface area (Å²) in [6, 6.07) is 4.17. The fourth-order valence-electron chi connectivity index (χ4n) is 1.33. The number of halogens is 1. The Morgan fingerprint density at radius 3 is 2.67 bits per heavy atom. The Bertz CT molecular complexity index is 443. The van der Waals surface area contributed by atoms with E-state index in [2.05, 4.69) is 4.74 Å². The third-order valence-corrected chi connectivity index (χ3v) is 2.19. The SMILES string of the molecule is CCOC(=O)CCOC(=O)c1cc(C)ccc1F. The Balaban J connectivity index is 2.50. The van der Waals surface area contributed by atoms with E-state index in [0.29, 0.717) is 0 Å². The summed E-state index contributed by atoms with van der Waals surface area (Å²) in [5.41, 5.74) is 0.632. The zero-order chi connectivity index (χ0) is 13.5. The molecule has 0 saturated heterocycles. The van der Waals surface area contributed by atoms with E-state index < -0.39 is 17.8 Å². The third kappa shape index (κ3) is 4.16. The molecule has 0 fully saturated rings. The minimum Gasteiger partial charge on any atom is -0.466 e. The second-order valence-corrected chi connectivity index (χ2v) is 3.67. The van der Waals surface area contributed by atoms with Crippen molar-refractivity contribution in [2.24, 2.45) is 0 Å². The van der Waals surface area contributed by atoms with Gasteiger partial charge in [0.05, 0.1) is 18.6 Å². The van der Waals surface area contributed by atoms with E-state index in [0.717, 1.165) is 5.56 Å². The van der Waals surface area contributed by atoms with Crippen LogP contribution in [0.25, 0.3) is 0 Å². The average Bonchev–Trinajstić information content (AvgIpc) is 2.32. The van der Waals surface area contributed by atoms with Gasteiger partial charge in [0, 0.05) is 0 Å². The van der Waals surface area contributed by atoms with Gasteiger partial charge in [-0.15, -0.1) is 0 Å². The Kier molecular flexibility index (Phi) is 5.30. The second-order valence-electron chi connectivity index (χ2n) is 3.67. The molecule has 0 aliphatic carbocycles. The van der Waals surface area contributed by atoms with Crippen molar-refractivity contribution in [2.75, 3.05) is 13.2 Å². The van der Waals surface area contributed by atoms with E-state index in [1.807, 2.05) is 0 Å². The number of hydrogen-bond donors (Lipinski definition) is 0. The smallest absolute Gasteiger partial charge is 0.341 e. The van der Waals surface area contributed by atoms with Crippen molar-refractivity contribution in [2.45, 2.75) is 20.3 Å². The molecule has 0 amide bonds. The summed E-state index contributed by atoms with van der Waals surface area (Å²) in [6.07, 6.45) is -0.0347. The molecule has 5 heteroatoms. The van der Waals surface area contributed by atoms with Gasteiger partial charge in [0.1, 0.15) is 12.4 Å². The molecule has 0 aliphatic heterocycles. The topological polar surface area (TPSA) is 52.6 Å². The molecule has 0 spiro atoms. The maximum absolute atomic E-state index is 13.3. The summed E-state index contributed by atoms with van der Waals surface area (Å²) in [6.45, 7) is 3.59.